The Morgan fingerprint density at radius 1 is 1.00 bits per heavy atom. The topological polar surface area (TPSA) is 70.6 Å². The molecule has 2 rings (SSSR count). The van der Waals surface area contributed by atoms with Crippen molar-refractivity contribution in [2.75, 3.05) is 5.32 Å². The lowest BCUT2D eigenvalue weighted by Crippen LogP contribution is -2.20. The number of nitrogens with one attached hydrogen (secondary N) is 2. The number of hydrogen-bond acceptors (Lipinski definition) is 3. The van der Waals surface area contributed by atoms with Crippen molar-refractivity contribution in [2.24, 2.45) is 5.10 Å². The van der Waals surface area contributed by atoms with Crippen LogP contribution in [0, 0.1) is 0 Å². The zero-order valence-corrected chi connectivity index (χ0v) is 13.1. The molecule has 5 nitrogen and oxygen atoms in total. The van der Waals surface area contributed by atoms with E-state index in [0.29, 0.717) is 10.7 Å². The molecular weight excluding hydrogens is 314 g/mol. The molecule has 0 aliphatic rings. The summed E-state index contributed by atoms with van der Waals surface area (Å²) in [5.74, 6) is -0.545. The monoisotopic (exact) mass is 329 g/mol. The van der Waals surface area contributed by atoms with Crippen molar-refractivity contribution in [3.05, 3.63) is 65.2 Å². The van der Waals surface area contributed by atoms with E-state index in [1.54, 1.807) is 30.3 Å². The molecule has 0 spiro atoms. The number of para-hydroxylation sites is 1. The number of anilines is 1. The summed E-state index contributed by atoms with van der Waals surface area (Å²) in [5, 5.41) is 7.14. The molecule has 0 saturated carbocycles. The van der Waals surface area contributed by atoms with Crippen LogP contribution in [0.25, 0.3) is 0 Å². The quantitative estimate of drug-likeness (QED) is 0.631. The summed E-state index contributed by atoms with van der Waals surface area (Å²) < 4.78 is 0. The van der Waals surface area contributed by atoms with Crippen LogP contribution in [-0.2, 0) is 9.59 Å². The van der Waals surface area contributed by atoms with E-state index in [1.807, 2.05) is 24.3 Å². The van der Waals surface area contributed by atoms with Gasteiger partial charge in [-0.15, -0.1) is 0 Å². The Balaban J connectivity index is 1.71. The molecule has 0 aliphatic heterocycles. The van der Waals surface area contributed by atoms with E-state index in [2.05, 4.69) is 15.8 Å². The van der Waals surface area contributed by atoms with E-state index in [1.165, 1.54) is 6.21 Å². The second kappa shape index (κ2) is 8.70. The van der Waals surface area contributed by atoms with E-state index in [-0.39, 0.29) is 24.7 Å². The molecule has 0 bridgehead atoms. The maximum atomic E-state index is 11.7. The SMILES string of the molecule is O=C(CCC(=O)Nc1ccccc1)N/N=C/c1cccc(Cl)c1. The normalized spacial score (nSPS) is 10.5. The van der Waals surface area contributed by atoms with Gasteiger partial charge in [0.25, 0.3) is 0 Å². The lowest BCUT2D eigenvalue weighted by Gasteiger charge is -2.04. The maximum Gasteiger partial charge on any atom is 0.240 e. The highest BCUT2D eigenvalue weighted by Gasteiger charge is 2.06. The van der Waals surface area contributed by atoms with Crippen molar-refractivity contribution in [1.29, 1.82) is 0 Å². The Hall–Kier alpha value is -2.66. The number of hydrogen-bond donors (Lipinski definition) is 2. The molecule has 2 aromatic carbocycles. The molecule has 0 saturated heterocycles. The van der Waals surface area contributed by atoms with E-state index in [4.69, 9.17) is 11.6 Å². The second-order valence-electron chi connectivity index (χ2n) is 4.76. The van der Waals surface area contributed by atoms with Gasteiger partial charge in [-0.1, -0.05) is 41.9 Å². The van der Waals surface area contributed by atoms with Crippen LogP contribution >= 0.6 is 11.6 Å². The average Bonchev–Trinajstić information content (AvgIpc) is 2.54. The van der Waals surface area contributed by atoms with Gasteiger partial charge in [-0.2, -0.15) is 5.10 Å². The average molecular weight is 330 g/mol. The number of nitrogens with zero attached hydrogens (tertiary/aromatic N) is 1. The van der Waals surface area contributed by atoms with E-state index in [0.717, 1.165) is 5.56 Å². The highest BCUT2D eigenvalue weighted by molar-refractivity contribution is 6.30. The molecular formula is C17H16ClN3O2. The molecule has 23 heavy (non-hydrogen) atoms. The number of hydrazone groups is 1. The van der Waals surface area contributed by atoms with Crippen molar-refractivity contribution in [2.45, 2.75) is 12.8 Å². The van der Waals surface area contributed by atoms with Gasteiger partial charge in [0, 0.05) is 23.6 Å². The van der Waals surface area contributed by atoms with Crippen LogP contribution in [0.2, 0.25) is 5.02 Å². The first-order chi connectivity index (χ1) is 11.1. The summed E-state index contributed by atoms with van der Waals surface area (Å²) in [5.41, 5.74) is 3.86. The summed E-state index contributed by atoms with van der Waals surface area (Å²) in [6, 6.07) is 16.2. The zero-order valence-electron chi connectivity index (χ0n) is 12.3. The van der Waals surface area contributed by atoms with Crippen molar-refractivity contribution in [3.8, 4) is 0 Å². The Morgan fingerprint density at radius 3 is 2.48 bits per heavy atom. The molecule has 0 heterocycles. The van der Waals surface area contributed by atoms with Crippen molar-refractivity contribution in [3.63, 3.8) is 0 Å². The fourth-order valence-corrected chi connectivity index (χ4v) is 1.99. The number of benzene rings is 2. The molecule has 0 aromatic heterocycles. The molecule has 2 aromatic rings. The summed E-state index contributed by atoms with van der Waals surface area (Å²) >= 11 is 5.84. The molecule has 2 N–H and O–H groups in total. The third-order valence-electron chi connectivity index (χ3n) is 2.89. The summed E-state index contributed by atoms with van der Waals surface area (Å²) in [6.07, 6.45) is 1.65. The van der Waals surface area contributed by atoms with Gasteiger partial charge in [0.1, 0.15) is 0 Å². The summed E-state index contributed by atoms with van der Waals surface area (Å²) in [4.78, 5) is 23.3. The smallest absolute Gasteiger partial charge is 0.240 e. The van der Waals surface area contributed by atoms with Gasteiger partial charge in [0.05, 0.1) is 6.21 Å². The van der Waals surface area contributed by atoms with Crippen LogP contribution in [-0.4, -0.2) is 18.0 Å². The molecule has 0 fully saturated rings. The first-order valence-electron chi connectivity index (χ1n) is 7.06. The molecule has 0 radical (unpaired) electrons. The van der Waals surface area contributed by atoms with Gasteiger partial charge in [-0.05, 0) is 29.8 Å². The van der Waals surface area contributed by atoms with Gasteiger partial charge in [0.2, 0.25) is 11.8 Å². The van der Waals surface area contributed by atoms with E-state index in [9.17, 15) is 9.59 Å². The van der Waals surface area contributed by atoms with Gasteiger partial charge >= 0.3 is 0 Å². The van der Waals surface area contributed by atoms with Gasteiger partial charge in [0.15, 0.2) is 0 Å². The Kier molecular flexibility index (Phi) is 6.32. The molecule has 0 aliphatic carbocycles. The molecule has 6 heteroatoms. The van der Waals surface area contributed by atoms with Crippen LogP contribution < -0.4 is 10.7 Å². The van der Waals surface area contributed by atoms with Gasteiger partial charge in [-0.25, -0.2) is 5.43 Å². The van der Waals surface area contributed by atoms with E-state index >= 15 is 0 Å². The van der Waals surface area contributed by atoms with Crippen LogP contribution in [0.4, 0.5) is 5.69 Å². The molecule has 2 amide bonds. The van der Waals surface area contributed by atoms with Crippen molar-refractivity contribution >= 4 is 35.3 Å². The minimum atomic E-state index is -0.327. The zero-order chi connectivity index (χ0) is 16.5. The molecule has 118 valence electrons. The van der Waals surface area contributed by atoms with Crippen LogP contribution in [0.5, 0.6) is 0 Å². The number of rotatable bonds is 6. The summed E-state index contributed by atoms with van der Waals surface area (Å²) in [7, 11) is 0. The number of amides is 2. The Morgan fingerprint density at radius 2 is 1.74 bits per heavy atom. The fraction of sp³-hybridized carbons (Fsp3) is 0.118. The lowest BCUT2D eigenvalue weighted by molar-refractivity contribution is -0.124. The first-order valence-corrected chi connectivity index (χ1v) is 7.43. The third-order valence-corrected chi connectivity index (χ3v) is 3.12. The number of halogens is 1. The van der Waals surface area contributed by atoms with Crippen LogP contribution in [0.1, 0.15) is 18.4 Å². The minimum absolute atomic E-state index is 0.0611. The minimum Gasteiger partial charge on any atom is -0.326 e. The van der Waals surface area contributed by atoms with Crippen molar-refractivity contribution in [1.82, 2.24) is 5.43 Å². The van der Waals surface area contributed by atoms with Crippen LogP contribution in [0.15, 0.2) is 59.7 Å². The Bertz CT molecular complexity index is 702. The highest BCUT2D eigenvalue weighted by Crippen LogP contribution is 2.08. The highest BCUT2D eigenvalue weighted by atomic mass is 35.5. The number of carbonyl (C=O) groups is 2. The van der Waals surface area contributed by atoms with Gasteiger partial charge < -0.3 is 5.32 Å². The predicted octanol–water partition coefficient (Wildman–Crippen LogP) is 3.21. The largest absolute Gasteiger partial charge is 0.326 e. The summed E-state index contributed by atoms with van der Waals surface area (Å²) in [6.45, 7) is 0. The van der Waals surface area contributed by atoms with Gasteiger partial charge in [-0.3, -0.25) is 9.59 Å². The fourth-order valence-electron chi connectivity index (χ4n) is 1.79. The molecule has 0 unspecified atom stereocenters. The van der Waals surface area contributed by atoms with E-state index < -0.39 is 0 Å². The second-order valence-corrected chi connectivity index (χ2v) is 5.20. The predicted molar refractivity (Wildman–Crippen MR) is 91.5 cm³/mol. The number of carbonyl (C=O) groups excluding carboxylic acids is 2. The Labute approximate surface area is 139 Å². The third kappa shape index (κ3) is 6.32. The first kappa shape index (κ1) is 16.7. The van der Waals surface area contributed by atoms with Crippen LogP contribution in [0.3, 0.4) is 0 Å². The molecule has 0 atom stereocenters. The van der Waals surface area contributed by atoms with Crippen molar-refractivity contribution < 1.29 is 9.59 Å². The lowest BCUT2D eigenvalue weighted by atomic mass is 10.2. The standard InChI is InChI=1S/C17H16ClN3O2/c18-14-6-4-5-13(11-14)12-19-21-17(23)10-9-16(22)20-15-7-2-1-3-8-15/h1-8,11-12H,9-10H2,(H,20,22)(H,21,23)/b19-12+. The maximum absolute atomic E-state index is 11.7.